The zero-order valence-corrected chi connectivity index (χ0v) is 17.2. The lowest BCUT2D eigenvalue weighted by molar-refractivity contribution is -0.116. The molecule has 1 aliphatic rings. The zero-order valence-electron chi connectivity index (χ0n) is 16.4. The number of fused-ring (bicyclic) bond motifs is 1. The van der Waals surface area contributed by atoms with E-state index in [-0.39, 0.29) is 11.8 Å². The van der Waals surface area contributed by atoms with E-state index in [4.69, 9.17) is 4.42 Å². The molecule has 0 saturated heterocycles. The Labute approximate surface area is 172 Å². The van der Waals surface area contributed by atoms with Crippen molar-refractivity contribution in [1.29, 1.82) is 0 Å². The van der Waals surface area contributed by atoms with Gasteiger partial charge in [-0.25, -0.2) is 9.97 Å². The van der Waals surface area contributed by atoms with Gasteiger partial charge >= 0.3 is 0 Å². The van der Waals surface area contributed by atoms with E-state index < -0.39 is 0 Å². The number of thioether (sulfide) groups is 1. The first-order valence-corrected chi connectivity index (χ1v) is 10.4. The molecule has 8 heteroatoms. The maximum absolute atomic E-state index is 13.0. The molecule has 29 heavy (non-hydrogen) atoms. The van der Waals surface area contributed by atoms with Gasteiger partial charge in [0.15, 0.2) is 11.6 Å². The number of nitrogens with zero attached hydrogens (tertiary/aromatic N) is 3. The topological polar surface area (TPSA) is 88.3 Å². The Morgan fingerprint density at radius 1 is 1.24 bits per heavy atom. The first kappa shape index (κ1) is 19.2. The number of furan rings is 1. The van der Waals surface area contributed by atoms with E-state index in [9.17, 15) is 9.59 Å². The highest BCUT2D eigenvalue weighted by Gasteiger charge is 2.24. The molecule has 3 heterocycles. The van der Waals surface area contributed by atoms with Crippen LogP contribution in [0.3, 0.4) is 0 Å². The molecule has 2 amide bonds. The van der Waals surface area contributed by atoms with Crippen molar-refractivity contribution in [2.75, 3.05) is 23.0 Å². The summed E-state index contributed by atoms with van der Waals surface area (Å²) in [7, 11) is 0. The Balaban J connectivity index is 1.61. The van der Waals surface area contributed by atoms with Crippen molar-refractivity contribution in [1.82, 2.24) is 9.97 Å². The van der Waals surface area contributed by atoms with E-state index in [0.717, 1.165) is 17.7 Å². The lowest BCUT2D eigenvalue weighted by Crippen LogP contribution is -2.25. The molecule has 1 aliphatic heterocycles. The van der Waals surface area contributed by atoms with Crippen LogP contribution >= 0.6 is 11.8 Å². The van der Waals surface area contributed by atoms with Crippen molar-refractivity contribution in [3.63, 3.8) is 0 Å². The number of carbonyl (C=O) groups is 2. The quantitative estimate of drug-likeness (QED) is 0.520. The molecule has 148 valence electrons. The number of anilines is 2. The van der Waals surface area contributed by atoms with Crippen molar-refractivity contribution in [3.05, 3.63) is 53.4 Å². The third-order valence-electron chi connectivity index (χ3n) is 4.83. The van der Waals surface area contributed by atoms with Gasteiger partial charge in [-0.3, -0.25) is 9.59 Å². The molecular formula is C21H20N4O3S. The fourth-order valence-electron chi connectivity index (χ4n) is 3.47. The summed E-state index contributed by atoms with van der Waals surface area (Å²) in [6.07, 6.45) is 4.21. The molecular weight excluding hydrogens is 388 g/mol. The normalized spacial score (nSPS) is 12.7. The van der Waals surface area contributed by atoms with Crippen LogP contribution in [0.15, 0.2) is 46.0 Å². The van der Waals surface area contributed by atoms with Crippen LogP contribution in [0, 0.1) is 6.92 Å². The first-order chi connectivity index (χ1) is 14.0. The lowest BCUT2D eigenvalue weighted by atomic mass is 10.1. The average molecular weight is 408 g/mol. The molecule has 1 N–H and O–H groups in total. The minimum atomic E-state index is -0.265. The van der Waals surface area contributed by atoms with Crippen LogP contribution in [-0.4, -0.2) is 34.6 Å². The van der Waals surface area contributed by atoms with Gasteiger partial charge in [0.2, 0.25) is 5.91 Å². The summed E-state index contributed by atoms with van der Waals surface area (Å²) in [6, 6.07) is 9.16. The van der Waals surface area contributed by atoms with Gasteiger partial charge in [0.05, 0.1) is 17.5 Å². The van der Waals surface area contributed by atoms with E-state index in [1.165, 1.54) is 11.8 Å². The van der Waals surface area contributed by atoms with Crippen molar-refractivity contribution in [2.45, 2.75) is 25.3 Å². The molecule has 0 radical (unpaired) electrons. The van der Waals surface area contributed by atoms with E-state index >= 15 is 0 Å². The van der Waals surface area contributed by atoms with Crippen LogP contribution in [-0.2, 0) is 11.2 Å². The minimum absolute atomic E-state index is 0.0227. The number of rotatable bonds is 4. The van der Waals surface area contributed by atoms with Gasteiger partial charge in [0, 0.05) is 24.8 Å². The highest BCUT2D eigenvalue weighted by Crippen LogP contribution is 2.31. The molecule has 0 spiro atoms. The van der Waals surface area contributed by atoms with E-state index in [1.54, 1.807) is 37.1 Å². The maximum atomic E-state index is 13.0. The number of nitrogens with one attached hydrogen (secondary N) is 1. The second kappa shape index (κ2) is 7.71. The van der Waals surface area contributed by atoms with Crippen LogP contribution in [0.1, 0.15) is 28.5 Å². The molecule has 0 unspecified atom stereocenters. The molecule has 3 aromatic rings. The largest absolute Gasteiger partial charge is 0.461 e. The predicted octanol–water partition coefficient (Wildman–Crippen LogP) is 3.93. The standard InChI is InChI=1S/C21H20N4O3S/c1-12-18(21(29-3)24-19(22-12)17-5-4-10-28-17)20(27)23-15-6-7-16-14(11-15)8-9-25(16)13(2)26/h4-7,10-11H,8-9H2,1-3H3,(H,23,27). The Bertz CT molecular complexity index is 1100. The van der Waals surface area contributed by atoms with Gasteiger partial charge in [0.1, 0.15) is 5.03 Å². The van der Waals surface area contributed by atoms with Crippen molar-refractivity contribution in [2.24, 2.45) is 0 Å². The predicted molar refractivity (Wildman–Crippen MR) is 112 cm³/mol. The summed E-state index contributed by atoms with van der Waals surface area (Å²) in [5.41, 5.74) is 3.66. The van der Waals surface area contributed by atoms with Gasteiger partial charge in [-0.05, 0) is 55.5 Å². The van der Waals surface area contributed by atoms with E-state index in [0.29, 0.717) is 40.1 Å². The number of benzene rings is 1. The zero-order chi connectivity index (χ0) is 20.5. The molecule has 0 aliphatic carbocycles. The fraction of sp³-hybridized carbons (Fsp3) is 0.238. The van der Waals surface area contributed by atoms with Gasteiger partial charge in [-0.15, -0.1) is 11.8 Å². The third kappa shape index (κ3) is 3.63. The van der Waals surface area contributed by atoms with Gasteiger partial charge in [0.25, 0.3) is 5.91 Å². The van der Waals surface area contributed by atoms with Gasteiger partial charge in [-0.2, -0.15) is 0 Å². The van der Waals surface area contributed by atoms with Gasteiger partial charge in [-0.1, -0.05) is 0 Å². The monoisotopic (exact) mass is 408 g/mol. The lowest BCUT2D eigenvalue weighted by Gasteiger charge is -2.15. The van der Waals surface area contributed by atoms with E-state index in [2.05, 4.69) is 15.3 Å². The van der Waals surface area contributed by atoms with Gasteiger partial charge < -0.3 is 14.6 Å². The number of carbonyl (C=O) groups excluding carboxylic acids is 2. The number of aromatic nitrogens is 2. The van der Waals surface area contributed by atoms with Crippen LogP contribution < -0.4 is 10.2 Å². The number of amides is 2. The Hall–Kier alpha value is -3.13. The summed E-state index contributed by atoms with van der Waals surface area (Å²) in [6.45, 7) is 4.01. The van der Waals surface area contributed by atoms with Crippen molar-refractivity contribution >= 4 is 35.0 Å². The highest BCUT2D eigenvalue weighted by atomic mass is 32.2. The van der Waals surface area contributed by atoms with Crippen LogP contribution in [0.2, 0.25) is 0 Å². The smallest absolute Gasteiger partial charge is 0.260 e. The molecule has 0 bridgehead atoms. The summed E-state index contributed by atoms with van der Waals surface area (Å²) in [4.78, 5) is 35.4. The molecule has 0 fully saturated rings. The SMILES string of the molecule is CSc1nc(-c2ccco2)nc(C)c1C(=O)Nc1ccc2c(c1)CCN2C(C)=O. The maximum Gasteiger partial charge on any atom is 0.260 e. The molecule has 1 aromatic carbocycles. The highest BCUT2D eigenvalue weighted by molar-refractivity contribution is 7.98. The number of aryl methyl sites for hydroxylation is 1. The third-order valence-corrected chi connectivity index (χ3v) is 5.51. The molecule has 4 rings (SSSR count). The van der Waals surface area contributed by atoms with Crippen LogP contribution in [0.4, 0.5) is 11.4 Å². The van der Waals surface area contributed by atoms with Crippen LogP contribution in [0.25, 0.3) is 11.6 Å². The number of hydrogen-bond acceptors (Lipinski definition) is 6. The molecule has 2 aromatic heterocycles. The molecule has 7 nitrogen and oxygen atoms in total. The Morgan fingerprint density at radius 3 is 2.76 bits per heavy atom. The first-order valence-electron chi connectivity index (χ1n) is 9.17. The number of hydrogen-bond donors (Lipinski definition) is 1. The molecule has 0 saturated carbocycles. The molecule has 0 atom stereocenters. The minimum Gasteiger partial charge on any atom is -0.461 e. The van der Waals surface area contributed by atoms with Crippen molar-refractivity contribution in [3.8, 4) is 11.6 Å². The second-order valence-corrected chi connectivity index (χ2v) is 7.51. The Morgan fingerprint density at radius 2 is 2.07 bits per heavy atom. The summed E-state index contributed by atoms with van der Waals surface area (Å²) in [5, 5.41) is 3.53. The average Bonchev–Trinajstić information content (AvgIpc) is 3.36. The second-order valence-electron chi connectivity index (χ2n) is 6.71. The fourth-order valence-corrected chi connectivity index (χ4v) is 4.09. The summed E-state index contributed by atoms with van der Waals surface area (Å²) < 4.78 is 5.38. The van der Waals surface area contributed by atoms with Crippen LogP contribution in [0.5, 0.6) is 0 Å². The van der Waals surface area contributed by atoms with Crippen molar-refractivity contribution < 1.29 is 14.0 Å². The summed E-state index contributed by atoms with van der Waals surface area (Å²) in [5.74, 6) is 0.771. The Kier molecular flexibility index (Phi) is 5.10. The van der Waals surface area contributed by atoms with E-state index in [1.807, 2.05) is 24.5 Å². The summed E-state index contributed by atoms with van der Waals surface area (Å²) >= 11 is 1.39.